The van der Waals surface area contributed by atoms with Gasteiger partial charge in [0.15, 0.2) is 0 Å². The lowest BCUT2D eigenvalue weighted by atomic mass is 9.96. The second kappa shape index (κ2) is 12.7. The van der Waals surface area contributed by atoms with Crippen molar-refractivity contribution in [2.24, 2.45) is 0 Å². The van der Waals surface area contributed by atoms with Crippen LogP contribution in [0.4, 0.5) is 17.1 Å². The molecule has 0 aliphatic rings. The number of aromatic nitrogens is 1. The standard InChI is InChI=1S/C54H34N2S/c1-3-13-35(14-4-1)46-34-44(27-40-19-11-12-22-45(40)46)55(43-24-26-53-50(33-43)49-29-37-16-8-10-18-39(37)31-54(49)57-53)42-23-25-51-48(32-42)47-28-36-15-7-9-17-38(36)30-52(47)56(51)41-20-5-2-6-21-41/h1-34H. The first-order valence-electron chi connectivity index (χ1n) is 19.5. The van der Waals surface area contributed by atoms with Crippen LogP contribution in [-0.4, -0.2) is 4.57 Å². The fourth-order valence-corrected chi connectivity index (χ4v) is 10.1. The van der Waals surface area contributed by atoms with E-state index in [1.54, 1.807) is 0 Å². The third kappa shape index (κ3) is 5.17. The van der Waals surface area contributed by atoms with Crippen molar-refractivity contribution in [2.75, 3.05) is 4.90 Å². The van der Waals surface area contributed by atoms with E-state index in [1.807, 2.05) is 11.3 Å². The number of rotatable bonds is 5. The van der Waals surface area contributed by atoms with Gasteiger partial charge in [-0.2, -0.15) is 0 Å². The first kappa shape index (κ1) is 32.1. The molecule has 0 saturated heterocycles. The molecule has 12 aromatic rings. The summed E-state index contributed by atoms with van der Waals surface area (Å²) in [6.45, 7) is 0. The summed E-state index contributed by atoms with van der Waals surface area (Å²) in [6, 6.07) is 76.0. The molecule has 0 aliphatic carbocycles. The van der Waals surface area contributed by atoms with Gasteiger partial charge in [-0.1, -0.05) is 121 Å². The Labute approximate surface area is 333 Å². The number of fused-ring (bicyclic) bond motifs is 9. The SMILES string of the molecule is c1ccc(-c2cc(N(c3ccc4sc5cc6ccccc6cc5c4c3)c3ccc4c(c3)c3cc5ccccc5cc3n4-c3ccccc3)cc3ccccc23)cc1. The summed E-state index contributed by atoms with van der Waals surface area (Å²) in [4.78, 5) is 2.47. The quantitative estimate of drug-likeness (QED) is 0.170. The number of anilines is 3. The van der Waals surface area contributed by atoms with Gasteiger partial charge >= 0.3 is 0 Å². The zero-order chi connectivity index (χ0) is 37.5. The van der Waals surface area contributed by atoms with E-state index in [9.17, 15) is 0 Å². The number of para-hydroxylation sites is 1. The van der Waals surface area contributed by atoms with Gasteiger partial charge in [-0.15, -0.1) is 11.3 Å². The van der Waals surface area contributed by atoms with Crippen molar-refractivity contribution in [3.05, 3.63) is 206 Å². The monoisotopic (exact) mass is 742 g/mol. The van der Waals surface area contributed by atoms with E-state index in [4.69, 9.17) is 0 Å². The Morgan fingerprint density at radius 1 is 0.333 bits per heavy atom. The highest BCUT2D eigenvalue weighted by Crippen LogP contribution is 2.46. The van der Waals surface area contributed by atoms with E-state index in [-0.39, 0.29) is 0 Å². The molecule has 2 aromatic heterocycles. The molecule has 0 fully saturated rings. The predicted molar refractivity (Wildman–Crippen MR) is 246 cm³/mol. The number of nitrogens with zero attached hydrogens (tertiary/aromatic N) is 2. The lowest BCUT2D eigenvalue weighted by Crippen LogP contribution is -2.10. The van der Waals surface area contributed by atoms with E-state index in [0.717, 1.165) is 22.7 Å². The lowest BCUT2D eigenvalue weighted by molar-refractivity contribution is 1.18. The second-order valence-electron chi connectivity index (χ2n) is 15.0. The molecule has 0 bridgehead atoms. The molecule has 0 amide bonds. The first-order chi connectivity index (χ1) is 28.2. The van der Waals surface area contributed by atoms with Crippen molar-refractivity contribution in [1.29, 1.82) is 0 Å². The van der Waals surface area contributed by atoms with Gasteiger partial charge in [-0.25, -0.2) is 0 Å². The van der Waals surface area contributed by atoms with E-state index in [2.05, 4.69) is 216 Å². The Balaban J connectivity index is 1.15. The molecule has 0 unspecified atom stereocenters. The van der Waals surface area contributed by atoms with Crippen molar-refractivity contribution in [1.82, 2.24) is 4.57 Å². The fraction of sp³-hybridized carbons (Fsp3) is 0. The van der Waals surface area contributed by atoms with E-state index >= 15 is 0 Å². The van der Waals surface area contributed by atoms with Gasteiger partial charge in [0.2, 0.25) is 0 Å². The molecule has 57 heavy (non-hydrogen) atoms. The molecule has 3 heteroatoms. The summed E-state index contributed by atoms with van der Waals surface area (Å²) in [5.74, 6) is 0. The molecule has 0 atom stereocenters. The maximum Gasteiger partial charge on any atom is 0.0547 e. The molecule has 2 nitrogen and oxygen atoms in total. The van der Waals surface area contributed by atoms with Crippen LogP contribution in [0.3, 0.4) is 0 Å². The average molecular weight is 743 g/mol. The van der Waals surface area contributed by atoms with Crippen LogP contribution in [0, 0.1) is 0 Å². The van der Waals surface area contributed by atoms with Crippen molar-refractivity contribution in [3.8, 4) is 16.8 Å². The van der Waals surface area contributed by atoms with Crippen LogP contribution in [0.25, 0.3) is 91.1 Å². The van der Waals surface area contributed by atoms with Gasteiger partial charge in [0.05, 0.1) is 11.0 Å². The largest absolute Gasteiger partial charge is 0.310 e. The number of benzene rings is 10. The van der Waals surface area contributed by atoms with Gasteiger partial charge in [-0.3, -0.25) is 0 Å². The second-order valence-corrected chi connectivity index (χ2v) is 16.1. The molecular formula is C54H34N2S. The number of hydrogen-bond acceptors (Lipinski definition) is 2. The Hall–Kier alpha value is -7.20. The summed E-state index contributed by atoms with van der Waals surface area (Å²) < 4.78 is 5.02. The van der Waals surface area contributed by atoms with E-state index in [1.165, 1.54) is 85.4 Å². The Morgan fingerprint density at radius 2 is 0.895 bits per heavy atom. The maximum atomic E-state index is 2.47. The molecule has 10 aromatic carbocycles. The average Bonchev–Trinajstić information content (AvgIpc) is 3.78. The van der Waals surface area contributed by atoms with Crippen molar-refractivity contribution < 1.29 is 0 Å². The van der Waals surface area contributed by atoms with E-state index < -0.39 is 0 Å². The normalized spacial score (nSPS) is 11.9. The minimum absolute atomic E-state index is 1.11. The maximum absolute atomic E-state index is 2.47. The molecule has 0 radical (unpaired) electrons. The molecule has 12 rings (SSSR count). The van der Waals surface area contributed by atoms with Crippen LogP contribution in [-0.2, 0) is 0 Å². The molecular weight excluding hydrogens is 709 g/mol. The highest BCUT2D eigenvalue weighted by Gasteiger charge is 2.21. The van der Waals surface area contributed by atoms with E-state index in [0.29, 0.717) is 0 Å². The molecule has 0 saturated carbocycles. The zero-order valence-electron chi connectivity index (χ0n) is 30.9. The van der Waals surface area contributed by atoms with Gasteiger partial charge in [0.25, 0.3) is 0 Å². The fourth-order valence-electron chi connectivity index (χ4n) is 9.00. The van der Waals surface area contributed by atoms with Crippen LogP contribution in [0.15, 0.2) is 206 Å². The zero-order valence-corrected chi connectivity index (χ0v) is 31.7. The van der Waals surface area contributed by atoms with Gasteiger partial charge in [0, 0.05) is 53.7 Å². The topological polar surface area (TPSA) is 8.17 Å². The summed E-state index contributed by atoms with van der Waals surface area (Å²) in [6.07, 6.45) is 0. The van der Waals surface area contributed by atoms with Gasteiger partial charge in [-0.05, 0) is 128 Å². The molecule has 2 heterocycles. The number of thiophene rings is 1. The Bertz CT molecular complexity index is 3520. The van der Waals surface area contributed by atoms with Crippen molar-refractivity contribution >= 4 is 103 Å². The van der Waals surface area contributed by atoms with Crippen LogP contribution < -0.4 is 4.90 Å². The van der Waals surface area contributed by atoms with Crippen LogP contribution >= 0.6 is 11.3 Å². The minimum atomic E-state index is 1.11. The molecule has 0 spiro atoms. The third-order valence-electron chi connectivity index (χ3n) is 11.7. The summed E-state index contributed by atoms with van der Waals surface area (Å²) in [5, 5.41) is 12.5. The molecule has 0 N–H and O–H groups in total. The third-order valence-corrected chi connectivity index (χ3v) is 12.8. The summed E-state index contributed by atoms with van der Waals surface area (Å²) in [5.41, 5.74) is 9.32. The highest BCUT2D eigenvalue weighted by molar-refractivity contribution is 7.25. The van der Waals surface area contributed by atoms with Crippen molar-refractivity contribution in [3.63, 3.8) is 0 Å². The van der Waals surface area contributed by atoms with Crippen LogP contribution in [0.1, 0.15) is 0 Å². The molecule has 266 valence electrons. The smallest absolute Gasteiger partial charge is 0.0547 e. The summed E-state index contributed by atoms with van der Waals surface area (Å²) in [7, 11) is 0. The van der Waals surface area contributed by atoms with Gasteiger partial charge < -0.3 is 9.47 Å². The van der Waals surface area contributed by atoms with Gasteiger partial charge in [0.1, 0.15) is 0 Å². The van der Waals surface area contributed by atoms with Crippen LogP contribution in [0.2, 0.25) is 0 Å². The summed E-state index contributed by atoms with van der Waals surface area (Å²) >= 11 is 1.87. The van der Waals surface area contributed by atoms with Crippen LogP contribution in [0.5, 0.6) is 0 Å². The highest BCUT2D eigenvalue weighted by atomic mass is 32.1. The Kier molecular flexibility index (Phi) is 7.13. The first-order valence-corrected chi connectivity index (χ1v) is 20.3. The number of hydrogen-bond donors (Lipinski definition) is 0. The lowest BCUT2D eigenvalue weighted by Gasteiger charge is -2.27. The Morgan fingerprint density at radius 3 is 1.65 bits per heavy atom. The van der Waals surface area contributed by atoms with Crippen molar-refractivity contribution in [2.45, 2.75) is 0 Å². The predicted octanol–water partition coefficient (Wildman–Crippen LogP) is 15.7. The minimum Gasteiger partial charge on any atom is -0.310 e. The molecule has 0 aliphatic heterocycles.